The summed E-state index contributed by atoms with van der Waals surface area (Å²) in [7, 11) is 0. The first-order valence-corrected chi connectivity index (χ1v) is 4.98. The molecule has 1 heteroatoms. The molecular weight excluding hydrogens is 160 g/mol. The standard InChI is InChI=1S/C12H18O/c1-9-4-6-12(8-10(9)2)7-5-11(3)13/h4,6,8-10H,5,7H2,1-3H3. The Labute approximate surface area is 80.5 Å². The van der Waals surface area contributed by atoms with Crippen LogP contribution in [-0.4, -0.2) is 5.78 Å². The van der Waals surface area contributed by atoms with E-state index < -0.39 is 0 Å². The SMILES string of the molecule is CC(=O)CCC1=CC(C)C(C)C=C1. The van der Waals surface area contributed by atoms with Crippen LogP contribution in [0.2, 0.25) is 0 Å². The van der Waals surface area contributed by atoms with Crippen molar-refractivity contribution in [3.63, 3.8) is 0 Å². The van der Waals surface area contributed by atoms with Crippen molar-refractivity contribution in [2.24, 2.45) is 11.8 Å². The predicted octanol–water partition coefficient (Wildman–Crippen LogP) is 3.12. The van der Waals surface area contributed by atoms with Gasteiger partial charge in [0.1, 0.15) is 5.78 Å². The second-order valence-electron chi connectivity index (χ2n) is 4.02. The van der Waals surface area contributed by atoms with Gasteiger partial charge in [0, 0.05) is 6.42 Å². The van der Waals surface area contributed by atoms with Crippen molar-refractivity contribution in [2.45, 2.75) is 33.6 Å². The van der Waals surface area contributed by atoms with Crippen molar-refractivity contribution >= 4 is 5.78 Å². The Hall–Kier alpha value is -0.850. The van der Waals surface area contributed by atoms with Gasteiger partial charge in [0.2, 0.25) is 0 Å². The van der Waals surface area contributed by atoms with Gasteiger partial charge in [0.15, 0.2) is 0 Å². The van der Waals surface area contributed by atoms with Gasteiger partial charge in [-0.25, -0.2) is 0 Å². The van der Waals surface area contributed by atoms with E-state index in [0.717, 1.165) is 6.42 Å². The number of allylic oxidation sites excluding steroid dienone is 4. The highest BCUT2D eigenvalue weighted by Crippen LogP contribution is 2.24. The summed E-state index contributed by atoms with van der Waals surface area (Å²) in [6.45, 7) is 6.10. The van der Waals surface area contributed by atoms with Gasteiger partial charge in [-0.3, -0.25) is 0 Å². The minimum atomic E-state index is 0.278. The van der Waals surface area contributed by atoms with Crippen LogP contribution in [0, 0.1) is 11.8 Å². The molecule has 1 rings (SSSR count). The maximum absolute atomic E-state index is 10.8. The van der Waals surface area contributed by atoms with E-state index >= 15 is 0 Å². The lowest BCUT2D eigenvalue weighted by molar-refractivity contribution is -0.116. The van der Waals surface area contributed by atoms with E-state index in [1.807, 2.05) is 0 Å². The zero-order valence-corrected chi connectivity index (χ0v) is 8.71. The van der Waals surface area contributed by atoms with Gasteiger partial charge in [-0.2, -0.15) is 0 Å². The molecule has 13 heavy (non-hydrogen) atoms. The van der Waals surface area contributed by atoms with E-state index in [1.165, 1.54) is 5.57 Å². The molecule has 0 aliphatic heterocycles. The fourth-order valence-electron chi connectivity index (χ4n) is 1.48. The molecule has 0 aromatic rings. The van der Waals surface area contributed by atoms with Crippen LogP contribution in [0.1, 0.15) is 33.6 Å². The van der Waals surface area contributed by atoms with Gasteiger partial charge in [0.05, 0.1) is 0 Å². The van der Waals surface area contributed by atoms with Crippen LogP contribution in [0.15, 0.2) is 23.8 Å². The van der Waals surface area contributed by atoms with Crippen LogP contribution in [0.25, 0.3) is 0 Å². The molecule has 0 aromatic heterocycles. The minimum absolute atomic E-state index is 0.278. The highest BCUT2D eigenvalue weighted by Gasteiger charge is 2.11. The maximum atomic E-state index is 10.8. The molecule has 1 nitrogen and oxygen atoms in total. The number of ketones is 1. The Morgan fingerprint density at radius 3 is 2.62 bits per heavy atom. The van der Waals surface area contributed by atoms with E-state index in [4.69, 9.17) is 0 Å². The average Bonchev–Trinajstić information content (AvgIpc) is 2.07. The Balaban J connectivity index is 2.48. The first-order valence-electron chi connectivity index (χ1n) is 4.98. The van der Waals surface area contributed by atoms with Crippen molar-refractivity contribution in [3.8, 4) is 0 Å². The van der Waals surface area contributed by atoms with Crippen molar-refractivity contribution in [2.75, 3.05) is 0 Å². The van der Waals surface area contributed by atoms with E-state index in [2.05, 4.69) is 32.1 Å². The first-order chi connectivity index (χ1) is 6.09. The summed E-state index contributed by atoms with van der Waals surface area (Å²) in [5, 5.41) is 0. The molecule has 72 valence electrons. The van der Waals surface area contributed by atoms with Crippen LogP contribution < -0.4 is 0 Å². The fourth-order valence-corrected chi connectivity index (χ4v) is 1.48. The Kier molecular flexibility index (Phi) is 3.47. The Bertz CT molecular complexity index is 248. The van der Waals surface area contributed by atoms with Gasteiger partial charge in [-0.05, 0) is 25.2 Å². The smallest absolute Gasteiger partial charge is 0.130 e. The van der Waals surface area contributed by atoms with Gasteiger partial charge in [0.25, 0.3) is 0 Å². The molecule has 2 unspecified atom stereocenters. The summed E-state index contributed by atoms with van der Waals surface area (Å²) in [4.78, 5) is 10.8. The normalized spacial score (nSPS) is 27.2. The average molecular weight is 178 g/mol. The van der Waals surface area contributed by atoms with Crippen molar-refractivity contribution in [1.29, 1.82) is 0 Å². The van der Waals surface area contributed by atoms with Gasteiger partial charge >= 0.3 is 0 Å². The third kappa shape index (κ3) is 3.17. The number of hydrogen-bond donors (Lipinski definition) is 0. The number of carbonyl (C=O) groups is 1. The largest absolute Gasteiger partial charge is 0.300 e. The number of carbonyl (C=O) groups excluding carboxylic acids is 1. The highest BCUT2D eigenvalue weighted by molar-refractivity contribution is 5.75. The molecule has 2 atom stereocenters. The van der Waals surface area contributed by atoms with Crippen molar-refractivity contribution in [3.05, 3.63) is 23.8 Å². The molecule has 1 aliphatic rings. The molecule has 0 radical (unpaired) electrons. The van der Waals surface area contributed by atoms with Crippen LogP contribution in [0.3, 0.4) is 0 Å². The Morgan fingerprint density at radius 1 is 1.38 bits per heavy atom. The number of rotatable bonds is 3. The third-order valence-corrected chi connectivity index (χ3v) is 2.69. The lowest BCUT2D eigenvalue weighted by atomic mass is 9.87. The second kappa shape index (κ2) is 4.40. The Morgan fingerprint density at radius 2 is 2.08 bits per heavy atom. The quantitative estimate of drug-likeness (QED) is 0.649. The monoisotopic (exact) mass is 178 g/mol. The molecule has 0 heterocycles. The topological polar surface area (TPSA) is 17.1 Å². The molecule has 0 aromatic carbocycles. The molecule has 0 N–H and O–H groups in total. The lowest BCUT2D eigenvalue weighted by Crippen LogP contribution is -2.07. The lowest BCUT2D eigenvalue weighted by Gasteiger charge is -2.18. The first kappa shape index (κ1) is 10.2. The van der Waals surface area contributed by atoms with Crippen LogP contribution in [0.5, 0.6) is 0 Å². The van der Waals surface area contributed by atoms with E-state index in [1.54, 1.807) is 6.92 Å². The van der Waals surface area contributed by atoms with Crippen LogP contribution >= 0.6 is 0 Å². The molecule has 0 saturated carbocycles. The maximum Gasteiger partial charge on any atom is 0.130 e. The second-order valence-corrected chi connectivity index (χ2v) is 4.02. The minimum Gasteiger partial charge on any atom is -0.300 e. The zero-order valence-electron chi connectivity index (χ0n) is 8.71. The van der Waals surface area contributed by atoms with Crippen LogP contribution in [0.4, 0.5) is 0 Å². The third-order valence-electron chi connectivity index (χ3n) is 2.69. The summed E-state index contributed by atoms with van der Waals surface area (Å²) in [6.07, 6.45) is 8.27. The number of hydrogen-bond acceptors (Lipinski definition) is 1. The predicted molar refractivity (Wildman–Crippen MR) is 55.5 cm³/mol. The van der Waals surface area contributed by atoms with E-state index in [0.29, 0.717) is 18.3 Å². The van der Waals surface area contributed by atoms with Crippen LogP contribution in [-0.2, 0) is 4.79 Å². The molecular formula is C12H18O. The zero-order chi connectivity index (χ0) is 9.84. The molecule has 0 saturated heterocycles. The van der Waals surface area contributed by atoms with Crippen molar-refractivity contribution in [1.82, 2.24) is 0 Å². The summed E-state index contributed by atoms with van der Waals surface area (Å²) >= 11 is 0. The number of Topliss-reactive ketones (excluding diaryl/α,β-unsaturated/α-hetero) is 1. The molecule has 0 bridgehead atoms. The van der Waals surface area contributed by atoms with Crippen molar-refractivity contribution < 1.29 is 4.79 Å². The summed E-state index contributed by atoms with van der Waals surface area (Å²) in [5.74, 6) is 1.54. The van der Waals surface area contributed by atoms with Gasteiger partial charge in [-0.1, -0.05) is 37.6 Å². The molecule has 1 aliphatic carbocycles. The summed E-state index contributed by atoms with van der Waals surface area (Å²) < 4.78 is 0. The highest BCUT2D eigenvalue weighted by atomic mass is 16.1. The van der Waals surface area contributed by atoms with E-state index in [9.17, 15) is 4.79 Å². The molecule has 0 spiro atoms. The summed E-state index contributed by atoms with van der Waals surface area (Å²) in [6, 6.07) is 0. The van der Waals surface area contributed by atoms with Gasteiger partial charge < -0.3 is 4.79 Å². The molecule has 0 amide bonds. The molecule has 0 fully saturated rings. The summed E-state index contributed by atoms with van der Waals surface area (Å²) in [5.41, 5.74) is 1.32. The van der Waals surface area contributed by atoms with E-state index in [-0.39, 0.29) is 5.78 Å². The van der Waals surface area contributed by atoms with Gasteiger partial charge in [-0.15, -0.1) is 0 Å². The fraction of sp³-hybridized carbons (Fsp3) is 0.583.